The summed E-state index contributed by atoms with van der Waals surface area (Å²) in [6, 6.07) is 6.69. The fraction of sp³-hybridized carbons (Fsp3) is 0.333. The van der Waals surface area contributed by atoms with E-state index in [4.69, 9.17) is 0 Å². The van der Waals surface area contributed by atoms with E-state index in [1.807, 2.05) is 6.07 Å². The zero-order valence-electron chi connectivity index (χ0n) is 9.20. The molecule has 1 aromatic carbocycles. The zero-order chi connectivity index (χ0) is 12.3. The van der Waals surface area contributed by atoms with E-state index in [1.165, 1.54) is 0 Å². The lowest BCUT2D eigenvalue weighted by Gasteiger charge is -2.22. The van der Waals surface area contributed by atoms with Gasteiger partial charge in [0.15, 0.2) is 0 Å². The number of hydrogen-bond acceptors (Lipinski definition) is 2. The first kappa shape index (κ1) is 12.1. The molecule has 1 unspecified atom stereocenters. The monoisotopic (exact) mass is 296 g/mol. The minimum atomic E-state index is -0.407. The summed E-state index contributed by atoms with van der Waals surface area (Å²) >= 11 is 3.31. The number of halogens is 1. The van der Waals surface area contributed by atoms with Crippen molar-refractivity contribution in [2.24, 2.45) is 0 Å². The van der Waals surface area contributed by atoms with Crippen LogP contribution in [0.4, 0.5) is 0 Å². The Labute approximate surface area is 108 Å². The standard InChI is InChI=1S/C12H13BrN2O2/c13-9-4-1-3-8(7-9)11(16)15-10-5-2-6-14-12(10)17/h1,3-4,7,10H,2,5-6H2,(H,14,17)(H,15,16). The van der Waals surface area contributed by atoms with E-state index in [0.717, 1.165) is 10.9 Å². The van der Waals surface area contributed by atoms with Crippen LogP contribution in [0.1, 0.15) is 23.2 Å². The van der Waals surface area contributed by atoms with Gasteiger partial charge in [-0.15, -0.1) is 0 Å². The van der Waals surface area contributed by atoms with Crippen LogP contribution in [-0.4, -0.2) is 24.4 Å². The summed E-state index contributed by atoms with van der Waals surface area (Å²) in [5.74, 6) is -0.312. The van der Waals surface area contributed by atoms with Crippen molar-refractivity contribution in [2.45, 2.75) is 18.9 Å². The highest BCUT2D eigenvalue weighted by molar-refractivity contribution is 9.10. The SMILES string of the molecule is O=C(NC1CCCNC1=O)c1cccc(Br)c1. The van der Waals surface area contributed by atoms with Crippen LogP contribution in [0.25, 0.3) is 0 Å². The van der Waals surface area contributed by atoms with Crippen molar-refractivity contribution in [3.05, 3.63) is 34.3 Å². The Balaban J connectivity index is 2.03. The van der Waals surface area contributed by atoms with Gasteiger partial charge in [-0.2, -0.15) is 0 Å². The fourth-order valence-electron chi connectivity index (χ4n) is 1.78. The normalized spacial score (nSPS) is 19.6. The minimum Gasteiger partial charge on any atom is -0.354 e. The number of nitrogens with one attached hydrogen (secondary N) is 2. The molecule has 2 rings (SSSR count). The predicted octanol–water partition coefficient (Wildman–Crippen LogP) is 1.46. The second-order valence-corrected chi connectivity index (χ2v) is 4.89. The third-order valence-corrected chi connectivity index (χ3v) is 3.17. The summed E-state index contributed by atoms with van der Waals surface area (Å²) in [4.78, 5) is 23.4. The molecule has 0 radical (unpaired) electrons. The first-order chi connectivity index (χ1) is 8.16. The Hall–Kier alpha value is -1.36. The van der Waals surface area contributed by atoms with Gasteiger partial charge in [0.05, 0.1) is 0 Å². The second-order valence-electron chi connectivity index (χ2n) is 3.97. The highest BCUT2D eigenvalue weighted by atomic mass is 79.9. The molecule has 1 aliphatic rings. The van der Waals surface area contributed by atoms with Crippen molar-refractivity contribution in [3.63, 3.8) is 0 Å². The van der Waals surface area contributed by atoms with Gasteiger partial charge in [0.25, 0.3) is 5.91 Å². The van der Waals surface area contributed by atoms with Gasteiger partial charge in [-0.05, 0) is 31.0 Å². The number of amides is 2. The zero-order valence-corrected chi connectivity index (χ0v) is 10.8. The van der Waals surface area contributed by atoms with Gasteiger partial charge < -0.3 is 10.6 Å². The molecule has 1 fully saturated rings. The van der Waals surface area contributed by atoms with E-state index in [0.29, 0.717) is 18.5 Å². The van der Waals surface area contributed by atoms with Crippen molar-refractivity contribution in [2.75, 3.05) is 6.54 Å². The van der Waals surface area contributed by atoms with Gasteiger partial charge in [0.2, 0.25) is 5.91 Å². The largest absolute Gasteiger partial charge is 0.354 e. The topological polar surface area (TPSA) is 58.2 Å². The van der Waals surface area contributed by atoms with Gasteiger partial charge in [-0.1, -0.05) is 22.0 Å². The van der Waals surface area contributed by atoms with Gasteiger partial charge in [-0.25, -0.2) is 0 Å². The summed E-state index contributed by atoms with van der Waals surface area (Å²) in [5.41, 5.74) is 0.553. The van der Waals surface area contributed by atoms with E-state index in [-0.39, 0.29) is 11.8 Å². The number of piperidine rings is 1. The van der Waals surface area contributed by atoms with Gasteiger partial charge >= 0.3 is 0 Å². The molecule has 1 aliphatic heterocycles. The number of carbonyl (C=O) groups excluding carboxylic acids is 2. The summed E-state index contributed by atoms with van der Waals surface area (Å²) < 4.78 is 0.846. The van der Waals surface area contributed by atoms with Crippen LogP contribution in [0.15, 0.2) is 28.7 Å². The molecule has 0 aromatic heterocycles. The van der Waals surface area contributed by atoms with Gasteiger partial charge in [0, 0.05) is 16.6 Å². The Morgan fingerprint density at radius 2 is 2.29 bits per heavy atom. The maximum absolute atomic E-state index is 11.9. The third-order valence-electron chi connectivity index (χ3n) is 2.68. The number of hydrogen-bond donors (Lipinski definition) is 2. The van der Waals surface area contributed by atoms with Crippen LogP contribution < -0.4 is 10.6 Å². The maximum Gasteiger partial charge on any atom is 0.251 e. The molecule has 2 N–H and O–H groups in total. The molecule has 0 aliphatic carbocycles. The first-order valence-corrected chi connectivity index (χ1v) is 6.30. The first-order valence-electron chi connectivity index (χ1n) is 5.51. The van der Waals surface area contributed by atoms with Crippen molar-refractivity contribution in [1.29, 1.82) is 0 Å². The number of benzene rings is 1. The molecule has 4 nitrogen and oxygen atoms in total. The molecule has 0 bridgehead atoms. The quantitative estimate of drug-likeness (QED) is 0.868. The fourth-order valence-corrected chi connectivity index (χ4v) is 2.18. The second kappa shape index (κ2) is 5.31. The number of carbonyl (C=O) groups is 2. The minimum absolute atomic E-state index is 0.0976. The van der Waals surface area contributed by atoms with E-state index in [2.05, 4.69) is 26.6 Å². The molecule has 90 valence electrons. The highest BCUT2D eigenvalue weighted by Crippen LogP contribution is 2.12. The molecule has 1 heterocycles. The lowest BCUT2D eigenvalue weighted by molar-refractivity contribution is -0.124. The van der Waals surface area contributed by atoms with Crippen LogP contribution in [0.3, 0.4) is 0 Å². The molecule has 1 atom stereocenters. The lowest BCUT2D eigenvalue weighted by Crippen LogP contribution is -2.50. The molecule has 17 heavy (non-hydrogen) atoms. The van der Waals surface area contributed by atoms with Crippen LogP contribution in [0.2, 0.25) is 0 Å². The molecule has 1 aromatic rings. The van der Waals surface area contributed by atoms with Crippen molar-refractivity contribution in [1.82, 2.24) is 10.6 Å². The van der Waals surface area contributed by atoms with Crippen molar-refractivity contribution in [3.8, 4) is 0 Å². The van der Waals surface area contributed by atoms with Crippen LogP contribution in [-0.2, 0) is 4.79 Å². The van der Waals surface area contributed by atoms with E-state index >= 15 is 0 Å². The summed E-state index contributed by atoms with van der Waals surface area (Å²) in [6.07, 6.45) is 1.60. The lowest BCUT2D eigenvalue weighted by atomic mass is 10.1. The molecular formula is C12H13BrN2O2. The Morgan fingerprint density at radius 3 is 3.00 bits per heavy atom. The molecule has 0 spiro atoms. The molecular weight excluding hydrogens is 284 g/mol. The third kappa shape index (κ3) is 3.06. The summed E-state index contributed by atoms with van der Waals surface area (Å²) in [5, 5.41) is 5.48. The number of rotatable bonds is 2. The van der Waals surface area contributed by atoms with Gasteiger partial charge in [-0.3, -0.25) is 9.59 Å². The predicted molar refractivity (Wildman–Crippen MR) is 67.6 cm³/mol. The smallest absolute Gasteiger partial charge is 0.251 e. The van der Waals surface area contributed by atoms with Crippen molar-refractivity contribution >= 4 is 27.7 Å². The molecule has 5 heteroatoms. The van der Waals surface area contributed by atoms with Gasteiger partial charge in [0.1, 0.15) is 6.04 Å². The summed E-state index contributed by atoms with van der Waals surface area (Å²) in [7, 11) is 0. The Bertz CT molecular complexity index is 448. The summed E-state index contributed by atoms with van der Waals surface area (Å²) in [6.45, 7) is 0.697. The van der Waals surface area contributed by atoms with Crippen LogP contribution >= 0.6 is 15.9 Å². The average Bonchev–Trinajstić information content (AvgIpc) is 2.32. The van der Waals surface area contributed by atoms with E-state index < -0.39 is 6.04 Å². The maximum atomic E-state index is 11.9. The van der Waals surface area contributed by atoms with Crippen LogP contribution in [0, 0.1) is 0 Å². The molecule has 0 saturated carbocycles. The molecule has 1 saturated heterocycles. The Kier molecular flexibility index (Phi) is 3.78. The van der Waals surface area contributed by atoms with E-state index in [9.17, 15) is 9.59 Å². The highest BCUT2D eigenvalue weighted by Gasteiger charge is 2.23. The Morgan fingerprint density at radius 1 is 1.47 bits per heavy atom. The average molecular weight is 297 g/mol. The van der Waals surface area contributed by atoms with Crippen LogP contribution in [0.5, 0.6) is 0 Å². The molecule has 2 amide bonds. The van der Waals surface area contributed by atoms with E-state index in [1.54, 1.807) is 18.2 Å². The van der Waals surface area contributed by atoms with Crippen molar-refractivity contribution < 1.29 is 9.59 Å².